The van der Waals surface area contributed by atoms with Crippen molar-refractivity contribution in [3.63, 3.8) is 0 Å². The first-order valence-corrected chi connectivity index (χ1v) is 6.89. The van der Waals surface area contributed by atoms with Crippen molar-refractivity contribution in [2.75, 3.05) is 18.0 Å². The molecule has 1 saturated heterocycles. The first-order chi connectivity index (χ1) is 8.65. The van der Waals surface area contributed by atoms with Gasteiger partial charge >= 0.3 is 0 Å². The van der Waals surface area contributed by atoms with Crippen LogP contribution in [0.2, 0.25) is 0 Å². The van der Waals surface area contributed by atoms with E-state index in [9.17, 15) is 4.39 Å². The zero-order valence-corrected chi connectivity index (χ0v) is 11.3. The average molecular weight is 250 g/mol. The summed E-state index contributed by atoms with van der Waals surface area (Å²) < 4.78 is 13.9. The van der Waals surface area contributed by atoms with Gasteiger partial charge in [0.25, 0.3) is 0 Å². The van der Waals surface area contributed by atoms with E-state index in [2.05, 4.69) is 18.7 Å². The molecular formula is C15H23FN2. The van der Waals surface area contributed by atoms with Gasteiger partial charge in [0.2, 0.25) is 0 Å². The molecule has 3 heteroatoms. The number of nitrogens with two attached hydrogens (primary N) is 1. The molecule has 2 N–H and O–H groups in total. The summed E-state index contributed by atoms with van der Waals surface area (Å²) in [4.78, 5) is 2.37. The molecule has 2 nitrogen and oxygen atoms in total. The van der Waals surface area contributed by atoms with Crippen LogP contribution < -0.4 is 10.6 Å². The van der Waals surface area contributed by atoms with Crippen molar-refractivity contribution in [3.05, 3.63) is 29.6 Å². The van der Waals surface area contributed by atoms with Gasteiger partial charge in [0.1, 0.15) is 5.82 Å². The van der Waals surface area contributed by atoms with Crippen molar-refractivity contribution in [1.29, 1.82) is 0 Å². The number of nitrogens with zero attached hydrogens (tertiary/aromatic N) is 1. The van der Waals surface area contributed by atoms with Crippen LogP contribution in [-0.2, 0) is 6.42 Å². The van der Waals surface area contributed by atoms with Crippen LogP contribution in [-0.4, -0.2) is 19.1 Å². The van der Waals surface area contributed by atoms with Gasteiger partial charge in [0.05, 0.1) is 0 Å². The zero-order valence-electron chi connectivity index (χ0n) is 11.3. The molecule has 100 valence electrons. The van der Waals surface area contributed by atoms with Crippen LogP contribution in [0.4, 0.5) is 10.1 Å². The van der Waals surface area contributed by atoms with E-state index < -0.39 is 0 Å². The molecule has 0 radical (unpaired) electrons. The molecule has 0 bridgehead atoms. The van der Waals surface area contributed by atoms with Crippen LogP contribution in [0.15, 0.2) is 18.2 Å². The summed E-state index contributed by atoms with van der Waals surface area (Å²) >= 11 is 0. The summed E-state index contributed by atoms with van der Waals surface area (Å²) in [6, 6.07) is 5.91. The first kappa shape index (κ1) is 13.3. The number of benzene rings is 1. The lowest BCUT2D eigenvalue weighted by Gasteiger charge is -2.31. The Morgan fingerprint density at radius 1 is 1.44 bits per heavy atom. The normalized spacial score (nSPS) is 19.8. The van der Waals surface area contributed by atoms with Gasteiger partial charge in [0.15, 0.2) is 0 Å². The van der Waals surface area contributed by atoms with Crippen LogP contribution in [0.5, 0.6) is 0 Å². The predicted octanol–water partition coefficient (Wildman–Crippen LogP) is 2.95. The third kappa shape index (κ3) is 2.51. The van der Waals surface area contributed by atoms with Crippen LogP contribution in [0.1, 0.15) is 32.3 Å². The van der Waals surface area contributed by atoms with E-state index in [-0.39, 0.29) is 5.82 Å². The van der Waals surface area contributed by atoms with Crippen LogP contribution in [0, 0.1) is 11.7 Å². The standard InChI is InChI=1S/C15H23FN2/c1-11(2)14-7-4-10-18(14)15-6-3-5-13(16)12(15)8-9-17/h3,5-6,11,14H,4,7-10,17H2,1-2H3. The summed E-state index contributed by atoms with van der Waals surface area (Å²) in [5.74, 6) is 0.480. The summed E-state index contributed by atoms with van der Waals surface area (Å²) in [5, 5.41) is 0. The van der Waals surface area contributed by atoms with Crippen LogP contribution >= 0.6 is 0 Å². The highest BCUT2D eigenvalue weighted by Gasteiger charge is 2.29. The highest BCUT2D eigenvalue weighted by atomic mass is 19.1. The molecular weight excluding hydrogens is 227 g/mol. The molecule has 18 heavy (non-hydrogen) atoms. The Morgan fingerprint density at radius 2 is 2.22 bits per heavy atom. The van der Waals surface area contributed by atoms with Gasteiger partial charge in [0, 0.05) is 23.8 Å². The van der Waals surface area contributed by atoms with Crippen LogP contribution in [0.25, 0.3) is 0 Å². The maximum Gasteiger partial charge on any atom is 0.128 e. The minimum absolute atomic E-state index is 0.118. The Morgan fingerprint density at radius 3 is 2.89 bits per heavy atom. The number of rotatable bonds is 4. The molecule has 2 rings (SSSR count). The molecule has 0 aromatic heterocycles. The van der Waals surface area contributed by atoms with Gasteiger partial charge in [-0.2, -0.15) is 0 Å². The topological polar surface area (TPSA) is 29.3 Å². The first-order valence-electron chi connectivity index (χ1n) is 6.89. The van der Waals surface area contributed by atoms with E-state index in [0.717, 1.165) is 17.8 Å². The Balaban J connectivity index is 2.34. The largest absolute Gasteiger partial charge is 0.368 e. The molecule has 1 atom stereocenters. The highest BCUT2D eigenvalue weighted by molar-refractivity contribution is 5.56. The fourth-order valence-electron chi connectivity index (χ4n) is 2.99. The van der Waals surface area contributed by atoms with Crippen molar-refractivity contribution in [3.8, 4) is 0 Å². The van der Waals surface area contributed by atoms with Gasteiger partial charge in [-0.15, -0.1) is 0 Å². The van der Waals surface area contributed by atoms with E-state index in [1.165, 1.54) is 18.9 Å². The minimum Gasteiger partial charge on any atom is -0.368 e. The maximum atomic E-state index is 13.9. The van der Waals surface area contributed by atoms with Gasteiger partial charge in [-0.05, 0) is 43.9 Å². The minimum atomic E-state index is -0.118. The quantitative estimate of drug-likeness (QED) is 0.890. The summed E-state index contributed by atoms with van der Waals surface area (Å²) in [6.45, 7) is 6.01. The molecule has 1 aliphatic rings. The van der Waals surface area contributed by atoms with E-state index in [4.69, 9.17) is 5.73 Å². The molecule has 0 amide bonds. The Hall–Kier alpha value is -1.09. The smallest absolute Gasteiger partial charge is 0.128 e. The Labute approximate surface area is 109 Å². The van der Waals surface area contributed by atoms with E-state index in [0.29, 0.717) is 24.9 Å². The molecule has 0 aliphatic carbocycles. The fourth-order valence-corrected chi connectivity index (χ4v) is 2.99. The molecule has 1 aromatic carbocycles. The molecule has 1 aliphatic heterocycles. The third-order valence-corrected chi connectivity index (χ3v) is 3.87. The predicted molar refractivity (Wildman–Crippen MR) is 74.4 cm³/mol. The van der Waals surface area contributed by atoms with Gasteiger partial charge in [-0.3, -0.25) is 0 Å². The van der Waals surface area contributed by atoms with E-state index in [1.54, 1.807) is 6.07 Å². The molecule has 1 fully saturated rings. The average Bonchev–Trinajstić information content (AvgIpc) is 2.81. The molecule has 1 unspecified atom stereocenters. The monoisotopic (exact) mass is 250 g/mol. The van der Waals surface area contributed by atoms with E-state index in [1.807, 2.05) is 6.07 Å². The second-order valence-electron chi connectivity index (χ2n) is 5.42. The van der Waals surface area contributed by atoms with E-state index >= 15 is 0 Å². The summed E-state index contributed by atoms with van der Waals surface area (Å²) in [7, 11) is 0. The van der Waals surface area contributed by atoms with Gasteiger partial charge in [-0.1, -0.05) is 19.9 Å². The van der Waals surface area contributed by atoms with Gasteiger partial charge in [-0.25, -0.2) is 4.39 Å². The number of anilines is 1. The number of hydrogen-bond donors (Lipinski definition) is 1. The summed E-state index contributed by atoms with van der Waals surface area (Å²) in [5.41, 5.74) is 7.44. The Bertz CT molecular complexity index is 403. The lowest BCUT2D eigenvalue weighted by atomic mass is 10.00. The zero-order chi connectivity index (χ0) is 13.1. The number of hydrogen-bond acceptors (Lipinski definition) is 2. The number of halogens is 1. The molecule has 0 spiro atoms. The maximum absolute atomic E-state index is 13.9. The van der Waals surface area contributed by atoms with Crippen molar-refractivity contribution < 1.29 is 4.39 Å². The molecule has 1 aromatic rings. The van der Waals surface area contributed by atoms with Crippen molar-refractivity contribution >= 4 is 5.69 Å². The molecule has 0 saturated carbocycles. The highest BCUT2D eigenvalue weighted by Crippen LogP contribution is 2.33. The fraction of sp³-hybridized carbons (Fsp3) is 0.600. The Kier molecular flexibility index (Phi) is 4.23. The van der Waals surface area contributed by atoms with Crippen molar-refractivity contribution in [1.82, 2.24) is 0 Å². The van der Waals surface area contributed by atoms with Crippen molar-refractivity contribution in [2.45, 2.75) is 39.2 Å². The van der Waals surface area contributed by atoms with Crippen LogP contribution in [0.3, 0.4) is 0 Å². The van der Waals surface area contributed by atoms with Gasteiger partial charge < -0.3 is 10.6 Å². The lowest BCUT2D eigenvalue weighted by molar-refractivity contribution is 0.490. The van der Waals surface area contributed by atoms with Crippen molar-refractivity contribution in [2.24, 2.45) is 11.7 Å². The second kappa shape index (κ2) is 5.70. The molecule has 1 heterocycles. The SMILES string of the molecule is CC(C)C1CCCN1c1cccc(F)c1CCN. The lowest BCUT2D eigenvalue weighted by Crippen LogP contribution is -2.34. The second-order valence-corrected chi connectivity index (χ2v) is 5.42. The summed E-state index contributed by atoms with van der Waals surface area (Å²) in [6.07, 6.45) is 3.01. The third-order valence-electron chi connectivity index (χ3n) is 3.87.